The van der Waals surface area contributed by atoms with E-state index in [9.17, 15) is 0 Å². The second-order valence-corrected chi connectivity index (χ2v) is 19.6. The third-order valence-corrected chi connectivity index (χ3v) is 14.5. The smallest absolute Gasteiger partial charge is 0.250 e. The molecular weight excluding hydrogens is 480 g/mol. The van der Waals surface area contributed by atoms with Crippen LogP contribution in [0.25, 0.3) is 0 Å². The van der Waals surface area contributed by atoms with E-state index in [1.54, 1.807) is 0 Å². The number of hydrogen-bond donors (Lipinski definition) is 0. The zero-order valence-corrected chi connectivity index (χ0v) is 26.9. The molecule has 4 heteroatoms. The zero-order chi connectivity index (χ0) is 26.9. The molecule has 2 nitrogen and oxygen atoms in total. The maximum absolute atomic E-state index is 7.19. The van der Waals surface area contributed by atoms with E-state index in [4.69, 9.17) is 20.8 Å². The Balaban J connectivity index is 2.07. The van der Waals surface area contributed by atoms with Gasteiger partial charge in [0.1, 0.15) is 17.1 Å². The van der Waals surface area contributed by atoms with Crippen LogP contribution in [-0.4, -0.2) is 19.8 Å². The molecule has 1 aromatic carbocycles. The summed E-state index contributed by atoms with van der Waals surface area (Å²) in [5.41, 5.74) is 2.67. The zero-order valence-electron chi connectivity index (χ0n) is 25.2. The third-order valence-electron chi connectivity index (χ3n) is 9.92. The van der Waals surface area contributed by atoms with Gasteiger partial charge in [-0.05, 0) is 92.6 Å². The van der Waals surface area contributed by atoms with E-state index in [1.807, 2.05) is 0 Å². The summed E-state index contributed by atoms with van der Waals surface area (Å²) in [5.74, 6) is 4.88. The van der Waals surface area contributed by atoms with Gasteiger partial charge in [-0.25, -0.2) is 0 Å². The van der Waals surface area contributed by atoms with Crippen LogP contribution < -0.4 is 9.16 Å². The average molecular weight is 535 g/mol. The van der Waals surface area contributed by atoms with Crippen LogP contribution >= 0.6 is 11.6 Å². The summed E-state index contributed by atoms with van der Waals surface area (Å²) in [6.07, 6.45) is 11.1. The van der Waals surface area contributed by atoms with Crippen molar-refractivity contribution in [1.29, 1.82) is 0 Å². The Bertz CT molecular complexity index is 883. The minimum Gasteiger partial charge on any atom is -0.543 e. The summed E-state index contributed by atoms with van der Waals surface area (Å²) in [6, 6.07) is 4.81. The van der Waals surface area contributed by atoms with Gasteiger partial charge in [-0.15, -0.1) is 11.6 Å². The van der Waals surface area contributed by atoms with E-state index in [-0.39, 0.29) is 16.1 Å². The number of fused-ring (bicyclic) bond motifs is 3. The molecule has 1 saturated carbocycles. The first kappa shape index (κ1) is 29.9. The number of hydrogen-bond acceptors (Lipinski definition) is 2. The van der Waals surface area contributed by atoms with Gasteiger partial charge in [0.25, 0.3) is 0 Å². The van der Waals surface area contributed by atoms with Crippen LogP contribution in [0.15, 0.2) is 12.1 Å². The van der Waals surface area contributed by atoms with Crippen molar-refractivity contribution in [2.75, 3.05) is 5.88 Å². The van der Waals surface area contributed by atoms with Crippen LogP contribution in [0.1, 0.15) is 130 Å². The molecule has 1 fully saturated rings. The highest BCUT2D eigenvalue weighted by Gasteiger charge is 2.49. The molecule has 1 aliphatic heterocycles. The maximum atomic E-state index is 7.19. The van der Waals surface area contributed by atoms with Crippen molar-refractivity contribution in [3.8, 4) is 11.5 Å². The Labute approximate surface area is 229 Å². The summed E-state index contributed by atoms with van der Waals surface area (Å²) in [7, 11) is -2.01. The lowest BCUT2D eigenvalue weighted by molar-refractivity contribution is -0.0161. The first-order valence-electron chi connectivity index (χ1n) is 14.8. The van der Waals surface area contributed by atoms with Crippen LogP contribution in [0.5, 0.6) is 11.5 Å². The Morgan fingerprint density at radius 3 is 2.31 bits per heavy atom. The lowest BCUT2D eigenvalue weighted by atomic mass is 9.63. The fourth-order valence-electron chi connectivity index (χ4n) is 6.25. The van der Waals surface area contributed by atoms with Crippen LogP contribution in [0.4, 0.5) is 0 Å². The van der Waals surface area contributed by atoms with Crippen LogP contribution in [-0.2, 0) is 5.41 Å². The number of unbranched alkanes of at least 4 members (excludes halogenated alkanes) is 3. The van der Waals surface area contributed by atoms with Gasteiger partial charge in [0.2, 0.25) is 8.32 Å². The quantitative estimate of drug-likeness (QED) is 0.169. The topological polar surface area (TPSA) is 18.5 Å². The van der Waals surface area contributed by atoms with Gasteiger partial charge in [-0.3, -0.25) is 0 Å². The number of halogens is 1. The van der Waals surface area contributed by atoms with Crippen LogP contribution in [0.3, 0.4) is 0 Å². The van der Waals surface area contributed by atoms with E-state index in [0.717, 1.165) is 29.7 Å². The van der Waals surface area contributed by atoms with E-state index in [0.29, 0.717) is 11.8 Å². The largest absolute Gasteiger partial charge is 0.543 e. The molecule has 0 aromatic heterocycles. The molecule has 0 radical (unpaired) electrons. The monoisotopic (exact) mass is 534 g/mol. The maximum Gasteiger partial charge on any atom is 0.250 e. The molecule has 0 saturated heterocycles. The molecule has 0 bridgehead atoms. The highest BCUT2D eigenvalue weighted by Crippen LogP contribution is 2.57. The molecule has 0 spiro atoms. The second-order valence-electron chi connectivity index (χ2n) is 14.5. The normalized spacial score (nSPS) is 24.0. The summed E-state index contributed by atoms with van der Waals surface area (Å²) in [6.45, 7) is 23.6. The van der Waals surface area contributed by atoms with Crippen molar-refractivity contribution in [3.63, 3.8) is 0 Å². The van der Waals surface area contributed by atoms with Gasteiger partial charge in [0.15, 0.2) is 0 Å². The summed E-state index contributed by atoms with van der Waals surface area (Å²) in [5, 5.41) is 0.153. The fourth-order valence-corrected chi connectivity index (χ4v) is 7.47. The number of alkyl halides is 1. The van der Waals surface area contributed by atoms with Crippen LogP contribution in [0.2, 0.25) is 18.1 Å². The van der Waals surface area contributed by atoms with Crippen LogP contribution in [0, 0.1) is 11.8 Å². The minimum atomic E-state index is -2.01. The van der Waals surface area contributed by atoms with Gasteiger partial charge < -0.3 is 9.16 Å². The van der Waals surface area contributed by atoms with E-state index in [1.165, 1.54) is 62.5 Å². The Morgan fingerprint density at radius 1 is 1.03 bits per heavy atom. The van der Waals surface area contributed by atoms with E-state index < -0.39 is 8.32 Å². The summed E-state index contributed by atoms with van der Waals surface area (Å²) in [4.78, 5) is 0. The van der Waals surface area contributed by atoms with Gasteiger partial charge >= 0.3 is 0 Å². The summed E-state index contributed by atoms with van der Waals surface area (Å²) < 4.78 is 14.1. The molecule has 0 unspecified atom stereocenters. The third kappa shape index (κ3) is 6.48. The Morgan fingerprint density at radius 2 is 1.69 bits per heavy atom. The molecule has 3 rings (SSSR count). The summed E-state index contributed by atoms with van der Waals surface area (Å²) >= 11 is 5.90. The molecule has 1 aliphatic carbocycles. The van der Waals surface area contributed by atoms with E-state index in [2.05, 4.69) is 80.6 Å². The predicted octanol–water partition coefficient (Wildman–Crippen LogP) is 10.6. The molecule has 1 aromatic rings. The molecule has 3 atom stereocenters. The first-order chi connectivity index (χ1) is 16.6. The van der Waals surface area contributed by atoms with Crippen molar-refractivity contribution < 1.29 is 9.16 Å². The first-order valence-corrected chi connectivity index (χ1v) is 18.2. The molecule has 2 aliphatic rings. The van der Waals surface area contributed by atoms with Crippen molar-refractivity contribution in [2.24, 2.45) is 11.8 Å². The fraction of sp³-hybridized carbons (Fsp3) is 0.812. The highest BCUT2D eigenvalue weighted by molar-refractivity contribution is 6.74. The molecule has 206 valence electrons. The van der Waals surface area contributed by atoms with Crippen molar-refractivity contribution in [2.45, 2.75) is 148 Å². The highest BCUT2D eigenvalue weighted by atomic mass is 35.5. The SMILES string of the molecule is CC[C@@H]1CC[C@@H]2[C@@H](C1)c1c(cc(C(C)(C)CCCCCCCl)cc1O[Si](C)(C)C(C)(C)C)OC2(C)C. The Kier molecular flexibility index (Phi) is 9.30. The standard InChI is InChI=1S/C32H55ClO2Si/c1-11-23-16-17-26-25(20-23)29-27(34-32(26,7)8)21-24(31(5,6)18-14-12-13-15-19-33)22-28(29)35-36(9,10)30(2,3)4/h21-23,25-26H,11-20H2,1-10H3/t23-,25-,26-/m1/s1. The number of ether oxygens (including phenoxy) is 1. The van der Waals surface area contributed by atoms with Crippen molar-refractivity contribution in [1.82, 2.24) is 0 Å². The second kappa shape index (κ2) is 11.2. The van der Waals surface area contributed by atoms with Crippen molar-refractivity contribution >= 4 is 19.9 Å². The number of rotatable bonds is 10. The van der Waals surface area contributed by atoms with E-state index >= 15 is 0 Å². The molecule has 1 heterocycles. The Hall–Kier alpha value is -0.673. The van der Waals surface area contributed by atoms with Gasteiger partial charge in [0.05, 0.1) is 0 Å². The van der Waals surface area contributed by atoms with Crippen molar-refractivity contribution in [3.05, 3.63) is 23.3 Å². The number of benzene rings is 1. The average Bonchev–Trinajstić information content (AvgIpc) is 2.76. The molecule has 0 amide bonds. The predicted molar refractivity (Wildman–Crippen MR) is 160 cm³/mol. The van der Waals surface area contributed by atoms with Gasteiger partial charge in [-0.1, -0.05) is 73.6 Å². The van der Waals surface area contributed by atoms with Gasteiger partial charge in [-0.2, -0.15) is 0 Å². The molecule has 36 heavy (non-hydrogen) atoms. The lowest BCUT2D eigenvalue weighted by Gasteiger charge is -2.50. The molecular formula is C32H55ClO2Si. The molecule has 0 N–H and O–H groups in total. The minimum absolute atomic E-state index is 0.0738. The lowest BCUT2D eigenvalue weighted by Crippen LogP contribution is -2.48. The van der Waals surface area contributed by atoms with Gasteiger partial charge in [0, 0.05) is 17.4 Å².